The molecule has 28 heavy (non-hydrogen) atoms. The zero-order valence-corrected chi connectivity index (χ0v) is 16.9. The number of aromatic nitrogens is 1. The fraction of sp³-hybridized carbons (Fsp3) is 0.174. The fourth-order valence-corrected chi connectivity index (χ4v) is 3.61. The Kier molecular flexibility index (Phi) is 6.26. The standard InChI is InChI=1S/C23H22N2O2S/c1-23(2,3)28-20-15-8-7-13-18(20)21(19-14-9-10-16-24-19)25-27-22(26)17-11-5-4-6-12-17/h4-16H,1-3H3/b25-21-. The van der Waals surface area contributed by atoms with Gasteiger partial charge in [-0.05, 0) is 30.3 Å². The quantitative estimate of drug-likeness (QED) is 0.247. The van der Waals surface area contributed by atoms with E-state index in [1.165, 1.54) is 0 Å². The molecule has 0 unspecified atom stereocenters. The van der Waals surface area contributed by atoms with Crippen molar-refractivity contribution in [3.63, 3.8) is 0 Å². The van der Waals surface area contributed by atoms with Crippen molar-refractivity contribution in [2.24, 2.45) is 5.16 Å². The van der Waals surface area contributed by atoms with E-state index < -0.39 is 5.97 Å². The maximum Gasteiger partial charge on any atom is 0.365 e. The summed E-state index contributed by atoms with van der Waals surface area (Å²) in [6, 6.07) is 22.3. The van der Waals surface area contributed by atoms with Gasteiger partial charge >= 0.3 is 5.97 Å². The first-order chi connectivity index (χ1) is 13.4. The maximum absolute atomic E-state index is 12.4. The van der Waals surface area contributed by atoms with Gasteiger partial charge in [-0.25, -0.2) is 4.79 Å². The van der Waals surface area contributed by atoms with Crippen LogP contribution in [0.1, 0.15) is 42.4 Å². The molecule has 3 aromatic rings. The van der Waals surface area contributed by atoms with Gasteiger partial charge in [0.15, 0.2) is 0 Å². The molecule has 1 heterocycles. The van der Waals surface area contributed by atoms with Crippen LogP contribution in [0.2, 0.25) is 0 Å². The molecule has 0 aliphatic carbocycles. The normalized spacial score (nSPS) is 11.9. The zero-order valence-electron chi connectivity index (χ0n) is 16.1. The molecule has 0 amide bonds. The highest BCUT2D eigenvalue weighted by Crippen LogP contribution is 2.35. The van der Waals surface area contributed by atoms with Crippen molar-refractivity contribution < 1.29 is 9.63 Å². The van der Waals surface area contributed by atoms with E-state index in [0.717, 1.165) is 10.5 Å². The van der Waals surface area contributed by atoms with Crippen molar-refractivity contribution in [1.82, 2.24) is 4.98 Å². The van der Waals surface area contributed by atoms with Crippen LogP contribution in [0.4, 0.5) is 0 Å². The van der Waals surface area contributed by atoms with Crippen LogP contribution in [0.5, 0.6) is 0 Å². The highest BCUT2D eigenvalue weighted by Gasteiger charge is 2.19. The minimum absolute atomic E-state index is 0.0199. The highest BCUT2D eigenvalue weighted by atomic mass is 32.2. The van der Waals surface area contributed by atoms with Crippen molar-refractivity contribution in [2.75, 3.05) is 0 Å². The van der Waals surface area contributed by atoms with Gasteiger partial charge in [0.25, 0.3) is 0 Å². The van der Waals surface area contributed by atoms with Crippen LogP contribution in [-0.4, -0.2) is 21.4 Å². The molecule has 0 aliphatic heterocycles. The average molecular weight is 391 g/mol. The molecule has 5 heteroatoms. The van der Waals surface area contributed by atoms with E-state index in [4.69, 9.17) is 4.84 Å². The number of nitrogens with zero attached hydrogens (tertiary/aromatic N) is 2. The molecule has 4 nitrogen and oxygen atoms in total. The topological polar surface area (TPSA) is 51.5 Å². The Morgan fingerprint density at radius 1 is 0.929 bits per heavy atom. The van der Waals surface area contributed by atoms with E-state index in [1.54, 1.807) is 42.2 Å². The number of oxime groups is 1. The number of hydrogen-bond acceptors (Lipinski definition) is 5. The monoisotopic (exact) mass is 390 g/mol. The molecule has 0 saturated heterocycles. The fourth-order valence-electron chi connectivity index (χ4n) is 2.53. The average Bonchev–Trinajstić information content (AvgIpc) is 2.69. The van der Waals surface area contributed by atoms with Crippen LogP contribution in [-0.2, 0) is 4.84 Å². The van der Waals surface area contributed by atoms with Crippen LogP contribution in [0.25, 0.3) is 0 Å². The van der Waals surface area contributed by atoms with Gasteiger partial charge < -0.3 is 4.84 Å². The summed E-state index contributed by atoms with van der Waals surface area (Å²) < 4.78 is 0.0199. The predicted octanol–water partition coefficient (Wildman–Crippen LogP) is 5.58. The molecule has 142 valence electrons. The number of benzene rings is 2. The van der Waals surface area contributed by atoms with Crippen LogP contribution in [0.15, 0.2) is 89.0 Å². The first-order valence-electron chi connectivity index (χ1n) is 8.98. The number of thioether (sulfide) groups is 1. The SMILES string of the molecule is CC(C)(C)Sc1ccccc1/C(=N/OC(=O)c1ccccc1)c1ccccn1. The summed E-state index contributed by atoms with van der Waals surface area (Å²) in [5.74, 6) is -0.505. The summed E-state index contributed by atoms with van der Waals surface area (Å²) in [6.45, 7) is 6.46. The molecule has 0 atom stereocenters. The maximum atomic E-state index is 12.4. The second-order valence-electron chi connectivity index (χ2n) is 7.11. The van der Waals surface area contributed by atoms with Gasteiger partial charge in [0.1, 0.15) is 5.71 Å². The van der Waals surface area contributed by atoms with Crippen LogP contribution < -0.4 is 0 Å². The molecule has 0 radical (unpaired) electrons. The highest BCUT2D eigenvalue weighted by molar-refractivity contribution is 8.00. The first-order valence-corrected chi connectivity index (χ1v) is 9.80. The minimum atomic E-state index is -0.505. The molecule has 2 aromatic carbocycles. The summed E-state index contributed by atoms with van der Waals surface area (Å²) in [5.41, 5.74) is 2.49. The second kappa shape index (κ2) is 8.85. The van der Waals surface area contributed by atoms with Crippen molar-refractivity contribution in [3.8, 4) is 0 Å². The Hall–Kier alpha value is -2.92. The molecule has 3 rings (SSSR count). The molecule has 0 fully saturated rings. The Balaban J connectivity index is 2.01. The van der Waals surface area contributed by atoms with Crippen molar-refractivity contribution in [2.45, 2.75) is 30.4 Å². The van der Waals surface area contributed by atoms with Gasteiger partial charge in [-0.15, -0.1) is 11.8 Å². The largest absolute Gasteiger partial charge is 0.365 e. The minimum Gasteiger partial charge on any atom is -0.312 e. The number of pyridine rings is 1. The number of carbonyl (C=O) groups is 1. The molecule has 0 spiro atoms. The number of carbonyl (C=O) groups excluding carboxylic acids is 1. The van der Waals surface area contributed by atoms with Gasteiger partial charge in [0.2, 0.25) is 0 Å². The van der Waals surface area contributed by atoms with E-state index in [9.17, 15) is 4.79 Å². The van der Waals surface area contributed by atoms with Gasteiger partial charge in [-0.2, -0.15) is 0 Å². The van der Waals surface area contributed by atoms with Crippen LogP contribution in [0, 0.1) is 0 Å². The van der Waals surface area contributed by atoms with Crippen molar-refractivity contribution in [1.29, 1.82) is 0 Å². The summed E-state index contributed by atoms with van der Waals surface area (Å²) in [5, 5.41) is 4.22. The molecule has 1 aromatic heterocycles. The molecular formula is C23H22N2O2S. The summed E-state index contributed by atoms with van der Waals surface area (Å²) in [4.78, 5) is 23.1. The summed E-state index contributed by atoms with van der Waals surface area (Å²) >= 11 is 1.73. The number of rotatable bonds is 5. The van der Waals surface area contributed by atoms with E-state index in [1.807, 2.05) is 48.5 Å². The lowest BCUT2D eigenvalue weighted by Gasteiger charge is -2.20. The molecule has 0 aliphatic rings. The Morgan fingerprint density at radius 2 is 1.61 bits per heavy atom. The zero-order chi connectivity index (χ0) is 20.0. The smallest absolute Gasteiger partial charge is 0.312 e. The third-order valence-electron chi connectivity index (χ3n) is 3.70. The van der Waals surface area contributed by atoms with Gasteiger partial charge in [0, 0.05) is 21.4 Å². The lowest BCUT2D eigenvalue weighted by molar-refractivity contribution is 0.0517. The Labute approximate surface area is 169 Å². The van der Waals surface area contributed by atoms with E-state index >= 15 is 0 Å². The molecule has 0 bridgehead atoms. The van der Waals surface area contributed by atoms with Gasteiger partial charge in [-0.1, -0.05) is 68.4 Å². The first kappa shape index (κ1) is 19.8. The van der Waals surface area contributed by atoms with Gasteiger partial charge in [0.05, 0.1) is 11.3 Å². The third kappa shape index (κ3) is 5.30. The third-order valence-corrected chi connectivity index (χ3v) is 4.88. The van der Waals surface area contributed by atoms with E-state index in [0.29, 0.717) is 17.0 Å². The molecular weight excluding hydrogens is 368 g/mol. The molecule has 0 N–H and O–H groups in total. The lowest BCUT2D eigenvalue weighted by Crippen LogP contribution is -2.13. The predicted molar refractivity (Wildman–Crippen MR) is 114 cm³/mol. The molecule has 0 saturated carbocycles. The van der Waals surface area contributed by atoms with Crippen LogP contribution >= 0.6 is 11.8 Å². The Morgan fingerprint density at radius 3 is 2.29 bits per heavy atom. The lowest BCUT2D eigenvalue weighted by atomic mass is 10.1. The van der Waals surface area contributed by atoms with Crippen LogP contribution in [0.3, 0.4) is 0 Å². The summed E-state index contributed by atoms with van der Waals surface area (Å²) in [6.07, 6.45) is 1.70. The summed E-state index contributed by atoms with van der Waals surface area (Å²) in [7, 11) is 0. The van der Waals surface area contributed by atoms with E-state index in [2.05, 4.69) is 30.9 Å². The number of hydrogen-bond donors (Lipinski definition) is 0. The Bertz CT molecular complexity index is 965. The van der Waals surface area contributed by atoms with Crippen molar-refractivity contribution >= 4 is 23.4 Å². The van der Waals surface area contributed by atoms with Crippen molar-refractivity contribution in [3.05, 3.63) is 95.8 Å². The second-order valence-corrected chi connectivity index (χ2v) is 8.98. The van der Waals surface area contributed by atoms with E-state index in [-0.39, 0.29) is 4.75 Å². The van der Waals surface area contributed by atoms with Gasteiger partial charge in [-0.3, -0.25) is 4.98 Å².